The van der Waals surface area contributed by atoms with Crippen LogP contribution in [0.3, 0.4) is 0 Å². The largest absolute Gasteiger partial charge is 0.322 e. The molecule has 0 aliphatic carbocycles. The van der Waals surface area contributed by atoms with Crippen molar-refractivity contribution in [2.24, 2.45) is 0 Å². The Hall–Kier alpha value is -1.32. The second-order valence-corrected chi connectivity index (χ2v) is 5.81. The lowest BCUT2D eigenvalue weighted by molar-refractivity contribution is 0.102. The minimum absolute atomic E-state index is 0.123. The van der Waals surface area contributed by atoms with Gasteiger partial charge in [-0.15, -0.1) is 11.6 Å². The van der Waals surface area contributed by atoms with Crippen LogP contribution in [-0.4, -0.2) is 11.8 Å². The fourth-order valence-electron chi connectivity index (χ4n) is 1.87. The molecule has 2 aromatic rings. The van der Waals surface area contributed by atoms with Crippen LogP contribution < -0.4 is 5.32 Å². The molecular formula is C16H15BrClNO. The summed E-state index contributed by atoms with van der Waals surface area (Å²) in [5, 5.41) is 2.89. The second-order valence-electron chi connectivity index (χ2n) is 4.57. The van der Waals surface area contributed by atoms with Gasteiger partial charge in [0.05, 0.1) is 5.56 Å². The van der Waals surface area contributed by atoms with Gasteiger partial charge in [0.1, 0.15) is 0 Å². The van der Waals surface area contributed by atoms with Gasteiger partial charge in [0, 0.05) is 16.0 Å². The van der Waals surface area contributed by atoms with Crippen LogP contribution in [0, 0.1) is 6.92 Å². The fourth-order valence-corrected chi connectivity index (χ4v) is 2.76. The zero-order valence-electron chi connectivity index (χ0n) is 11.1. The van der Waals surface area contributed by atoms with Gasteiger partial charge >= 0.3 is 0 Å². The SMILES string of the molecule is Cc1ccc(C(=O)Nc2ccc(CCCl)cc2)c(Br)c1. The lowest BCUT2D eigenvalue weighted by atomic mass is 10.1. The molecule has 1 amide bonds. The first-order valence-electron chi connectivity index (χ1n) is 6.32. The highest BCUT2D eigenvalue weighted by atomic mass is 79.9. The summed E-state index contributed by atoms with van der Waals surface area (Å²) in [6.45, 7) is 1.99. The van der Waals surface area contributed by atoms with E-state index >= 15 is 0 Å². The first-order chi connectivity index (χ1) is 9.60. The minimum atomic E-state index is -0.123. The van der Waals surface area contributed by atoms with E-state index in [1.165, 1.54) is 0 Å². The number of aryl methyl sites for hydroxylation is 2. The Morgan fingerprint density at radius 3 is 2.50 bits per heavy atom. The van der Waals surface area contributed by atoms with Crippen molar-refractivity contribution in [1.29, 1.82) is 0 Å². The quantitative estimate of drug-likeness (QED) is 0.787. The standard InChI is InChI=1S/C16H15BrClNO/c1-11-2-7-14(15(17)10-11)16(20)19-13-5-3-12(4-6-13)8-9-18/h2-7,10H,8-9H2,1H3,(H,19,20). The van der Waals surface area contributed by atoms with Crippen LogP contribution in [0.1, 0.15) is 21.5 Å². The maximum absolute atomic E-state index is 12.2. The van der Waals surface area contributed by atoms with Gasteiger partial charge in [0.25, 0.3) is 5.91 Å². The van der Waals surface area contributed by atoms with E-state index in [-0.39, 0.29) is 5.91 Å². The second kappa shape index (κ2) is 6.91. The van der Waals surface area contributed by atoms with E-state index in [0.29, 0.717) is 11.4 Å². The zero-order valence-corrected chi connectivity index (χ0v) is 13.5. The molecule has 0 aliphatic rings. The number of carbonyl (C=O) groups is 1. The van der Waals surface area contributed by atoms with E-state index in [0.717, 1.165) is 27.7 Å². The number of halogens is 2. The minimum Gasteiger partial charge on any atom is -0.322 e. The van der Waals surface area contributed by atoms with Crippen molar-refractivity contribution in [1.82, 2.24) is 0 Å². The molecule has 4 heteroatoms. The number of hydrogen-bond acceptors (Lipinski definition) is 1. The van der Waals surface area contributed by atoms with Crippen molar-refractivity contribution in [2.75, 3.05) is 11.2 Å². The molecule has 0 heterocycles. The third kappa shape index (κ3) is 3.84. The van der Waals surface area contributed by atoms with Crippen LogP contribution in [0.2, 0.25) is 0 Å². The number of alkyl halides is 1. The zero-order chi connectivity index (χ0) is 14.5. The molecule has 2 rings (SSSR count). The normalized spacial score (nSPS) is 10.3. The van der Waals surface area contributed by atoms with Crippen molar-refractivity contribution in [3.05, 3.63) is 63.6 Å². The summed E-state index contributed by atoms with van der Waals surface area (Å²) in [4.78, 5) is 12.2. The molecule has 1 N–H and O–H groups in total. The van der Waals surface area contributed by atoms with E-state index in [1.54, 1.807) is 0 Å². The molecule has 0 aromatic heterocycles. The molecule has 0 aliphatic heterocycles. The topological polar surface area (TPSA) is 29.1 Å². The number of nitrogens with one attached hydrogen (secondary N) is 1. The van der Waals surface area contributed by atoms with Crippen molar-refractivity contribution >= 4 is 39.1 Å². The molecule has 2 nitrogen and oxygen atoms in total. The van der Waals surface area contributed by atoms with Gasteiger partial charge in [-0.25, -0.2) is 0 Å². The third-order valence-corrected chi connectivity index (χ3v) is 3.81. The van der Waals surface area contributed by atoms with Crippen LogP contribution in [-0.2, 0) is 6.42 Å². The molecule has 20 heavy (non-hydrogen) atoms. The molecule has 0 spiro atoms. The van der Waals surface area contributed by atoms with Crippen LogP contribution in [0.4, 0.5) is 5.69 Å². The van der Waals surface area contributed by atoms with Gasteiger partial charge in [-0.05, 0) is 64.7 Å². The van der Waals surface area contributed by atoms with Crippen molar-refractivity contribution in [3.8, 4) is 0 Å². The maximum Gasteiger partial charge on any atom is 0.256 e. The maximum atomic E-state index is 12.2. The highest BCUT2D eigenvalue weighted by Crippen LogP contribution is 2.20. The Balaban J connectivity index is 2.11. The molecular weight excluding hydrogens is 338 g/mol. The summed E-state index contributed by atoms with van der Waals surface area (Å²) in [6, 6.07) is 13.4. The summed E-state index contributed by atoms with van der Waals surface area (Å²) in [5.41, 5.74) is 3.68. The number of rotatable bonds is 4. The lowest BCUT2D eigenvalue weighted by Gasteiger charge is -2.08. The Kier molecular flexibility index (Phi) is 5.21. The van der Waals surface area contributed by atoms with Crippen LogP contribution in [0.15, 0.2) is 46.9 Å². The highest BCUT2D eigenvalue weighted by molar-refractivity contribution is 9.10. The van der Waals surface area contributed by atoms with E-state index < -0.39 is 0 Å². The number of amides is 1. The van der Waals surface area contributed by atoms with Crippen molar-refractivity contribution in [2.45, 2.75) is 13.3 Å². The van der Waals surface area contributed by atoms with E-state index in [4.69, 9.17) is 11.6 Å². The van der Waals surface area contributed by atoms with Crippen LogP contribution in [0.25, 0.3) is 0 Å². The summed E-state index contributed by atoms with van der Waals surface area (Å²) in [5.74, 6) is 0.476. The molecule has 0 fully saturated rings. The van der Waals surface area contributed by atoms with Gasteiger partial charge in [-0.1, -0.05) is 18.2 Å². The monoisotopic (exact) mass is 351 g/mol. The summed E-state index contributed by atoms with van der Waals surface area (Å²) in [7, 11) is 0. The Morgan fingerprint density at radius 1 is 1.20 bits per heavy atom. The van der Waals surface area contributed by atoms with E-state index in [2.05, 4.69) is 21.2 Å². The predicted molar refractivity (Wildman–Crippen MR) is 87.7 cm³/mol. The average molecular weight is 353 g/mol. The molecule has 104 valence electrons. The Morgan fingerprint density at radius 2 is 1.90 bits per heavy atom. The van der Waals surface area contributed by atoms with Crippen LogP contribution >= 0.6 is 27.5 Å². The van der Waals surface area contributed by atoms with Gasteiger partial charge in [-0.2, -0.15) is 0 Å². The fraction of sp³-hybridized carbons (Fsp3) is 0.188. The number of hydrogen-bond donors (Lipinski definition) is 1. The van der Waals surface area contributed by atoms with Gasteiger partial charge in [0.15, 0.2) is 0 Å². The molecule has 0 radical (unpaired) electrons. The highest BCUT2D eigenvalue weighted by Gasteiger charge is 2.10. The van der Waals surface area contributed by atoms with E-state index in [9.17, 15) is 4.79 Å². The molecule has 0 bridgehead atoms. The first-order valence-corrected chi connectivity index (χ1v) is 7.65. The van der Waals surface area contributed by atoms with Gasteiger partial charge < -0.3 is 5.32 Å². The Bertz CT molecular complexity index is 610. The number of anilines is 1. The van der Waals surface area contributed by atoms with Crippen molar-refractivity contribution < 1.29 is 4.79 Å². The Labute approximate surface area is 132 Å². The predicted octanol–water partition coefficient (Wildman–Crippen LogP) is 4.79. The molecule has 0 atom stereocenters. The summed E-state index contributed by atoms with van der Waals surface area (Å²) in [6.07, 6.45) is 0.833. The summed E-state index contributed by atoms with van der Waals surface area (Å²) < 4.78 is 0.800. The number of carbonyl (C=O) groups excluding carboxylic acids is 1. The number of benzene rings is 2. The van der Waals surface area contributed by atoms with Crippen LogP contribution in [0.5, 0.6) is 0 Å². The smallest absolute Gasteiger partial charge is 0.256 e. The van der Waals surface area contributed by atoms with Gasteiger partial charge in [0.2, 0.25) is 0 Å². The molecule has 2 aromatic carbocycles. The molecule has 0 unspecified atom stereocenters. The summed E-state index contributed by atoms with van der Waals surface area (Å²) >= 11 is 9.11. The van der Waals surface area contributed by atoms with Crippen molar-refractivity contribution in [3.63, 3.8) is 0 Å². The average Bonchev–Trinajstić information content (AvgIpc) is 2.41. The molecule has 0 saturated carbocycles. The van der Waals surface area contributed by atoms with Gasteiger partial charge in [-0.3, -0.25) is 4.79 Å². The first kappa shape index (κ1) is 15.1. The third-order valence-electron chi connectivity index (χ3n) is 2.96. The van der Waals surface area contributed by atoms with E-state index in [1.807, 2.05) is 49.4 Å². The molecule has 0 saturated heterocycles. The lowest BCUT2D eigenvalue weighted by Crippen LogP contribution is -2.12.